The largest absolute Gasteiger partial charge is 0.298 e. The van der Waals surface area contributed by atoms with E-state index in [0.717, 1.165) is 16.5 Å². The number of aromatic nitrogens is 4. The topological polar surface area (TPSA) is 43.6 Å². The van der Waals surface area contributed by atoms with Gasteiger partial charge in [0, 0.05) is 18.0 Å². The zero-order valence-corrected chi connectivity index (χ0v) is 18.1. The first-order valence-corrected chi connectivity index (χ1v) is 11.5. The van der Waals surface area contributed by atoms with E-state index in [-0.39, 0.29) is 5.25 Å². The second kappa shape index (κ2) is 8.09. The van der Waals surface area contributed by atoms with Gasteiger partial charge in [0.25, 0.3) is 0 Å². The number of hydrogen-bond donors (Lipinski definition) is 0. The molecule has 4 nitrogen and oxygen atoms in total. The van der Waals surface area contributed by atoms with E-state index in [0.29, 0.717) is 6.54 Å². The molecule has 0 spiro atoms. The van der Waals surface area contributed by atoms with Crippen LogP contribution >= 0.6 is 11.8 Å². The maximum atomic E-state index is 4.65. The Bertz CT molecular complexity index is 1330. The van der Waals surface area contributed by atoms with Gasteiger partial charge in [0.1, 0.15) is 0 Å². The molecular formula is C27H20N4S. The lowest BCUT2D eigenvalue weighted by molar-refractivity contribution is 0.713. The van der Waals surface area contributed by atoms with Crippen LogP contribution in [0, 0.1) is 0 Å². The number of fused-ring (bicyclic) bond motifs is 3. The Morgan fingerprint density at radius 1 is 0.688 bits per heavy atom. The van der Waals surface area contributed by atoms with Crippen LogP contribution in [-0.4, -0.2) is 19.7 Å². The fourth-order valence-electron chi connectivity index (χ4n) is 4.34. The van der Waals surface area contributed by atoms with Gasteiger partial charge in [0.2, 0.25) is 0 Å². The molecular weight excluding hydrogens is 412 g/mol. The molecule has 0 N–H and O–H groups in total. The quantitative estimate of drug-likeness (QED) is 0.329. The lowest BCUT2D eigenvalue weighted by Gasteiger charge is -2.15. The smallest absolute Gasteiger partial charge is 0.192 e. The standard InChI is InChI=1S/C27H20N4S/c1-2-8-19(9-3-1)18-31-26(20-14-16-28-17-15-20)29-30-27(31)32-25-23-12-6-4-10-21(23)22-11-5-7-13-24(22)25/h1-17,25H,18H2. The highest BCUT2D eigenvalue weighted by Crippen LogP contribution is 2.52. The minimum absolute atomic E-state index is 0.186. The van der Waals surface area contributed by atoms with Gasteiger partial charge < -0.3 is 0 Å². The van der Waals surface area contributed by atoms with Crippen molar-refractivity contribution in [2.75, 3.05) is 0 Å². The molecule has 0 saturated heterocycles. The third-order valence-corrected chi connectivity index (χ3v) is 7.10. The maximum absolute atomic E-state index is 4.65. The highest BCUT2D eigenvalue weighted by Gasteiger charge is 2.30. The van der Waals surface area contributed by atoms with E-state index in [2.05, 4.69) is 92.5 Å². The van der Waals surface area contributed by atoms with Crippen molar-refractivity contribution in [3.63, 3.8) is 0 Å². The van der Waals surface area contributed by atoms with Crippen LogP contribution in [0.2, 0.25) is 0 Å². The number of thioether (sulfide) groups is 1. The Balaban J connectivity index is 1.45. The molecule has 1 aliphatic carbocycles. The lowest BCUT2D eigenvalue weighted by Crippen LogP contribution is -2.05. The molecule has 0 atom stereocenters. The van der Waals surface area contributed by atoms with Gasteiger partial charge in [0.15, 0.2) is 11.0 Å². The summed E-state index contributed by atoms with van der Waals surface area (Å²) in [5.74, 6) is 0.860. The first kappa shape index (κ1) is 19.0. The van der Waals surface area contributed by atoms with Crippen LogP contribution < -0.4 is 0 Å². The summed E-state index contributed by atoms with van der Waals surface area (Å²) in [5.41, 5.74) is 7.52. The maximum Gasteiger partial charge on any atom is 0.192 e. The van der Waals surface area contributed by atoms with Crippen molar-refractivity contribution in [2.24, 2.45) is 0 Å². The summed E-state index contributed by atoms with van der Waals surface area (Å²) in [6.07, 6.45) is 3.60. The summed E-state index contributed by atoms with van der Waals surface area (Å²) in [6.45, 7) is 0.712. The second-order valence-electron chi connectivity index (χ2n) is 7.79. The molecule has 154 valence electrons. The van der Waals surface area contributed by atoms with Crippen molar-refractivity contribution < 1.29 is 0 Å². The molecule has 1 aliphatic rings. The molecule has 0 unspecified atom stereocenters. The van der Waals surface area contributed by atoms with Gasteiger partial charge >= 0.3 is 0 Å². The normalized spacial score (nSPS) is 12.5. The van der Waals surface area contributed by atoms with Gasteiger partial charge in [-0.15, -0.1) is 10.2 Å². The summed E-state index contributed by atoms with van der Waals surface area (Å²) >= 11 is 1.77. The number of pyridine rings is 1. The minimum Gasteiger partial charge on any atom is -0.298 e. The van der Waals surface area contributed by atoms with Crippen LogP contribution in [0.15, 0.2) is 109 Å². The van der Waals surface area contributed by atoms with E-state index < -0.39 is 0 Å². The van der Waals surface area contributed by atoms with Gasteiger partial charge in [-0.2, -0.15) is 0 Å². The summed E-state index contributed by atoms with van der Waals surface area (Å²) in [6, 6.07) is 31.8. The summed E-state index contributed by atoms with van der Waals surface area (Å²) in [7, 11) is 0. The van der Waals surface area contributed by atoms with E-state index in [1.165, 1.54) is 27.8 Å². The number of nitrogens with zero attached hydrogens (tertiary/aromatic N) is 4. The molecule has 0 aliphatic heterocycles. The van der Waals surface area contributed by atoms with Gasteiger partial charge in [-0.05, 0) is 39.9 Å². The Morgan fingerprint density at radius 3 is 2.00 bits per heavy atom. The second-order valence-corrected chi connectivity index (χ2v) is 8.86. The van der Waals surface area contributed by atoms with Crippen molar-refractivity contribution in [2.45, 2.75) is 17.0 Å². The summed E-state index contributed by atoms with van der Waals surface area (Å²) in [4.78, 5) is 4.16. The highest BCUT2D eigenvalue weighted by atomic mass is 32.2. The Morgan fingerprint density at radius 2 is 1.31 bits per heavy atom. The van der Waals surface area contributed by atoms with Crippen molar-refractivity contribution in [3.05, 3.63) is 120 Å². The van der Waals surface area contributed by atoms with Crippen LogP contribution in [0.5, 0.6) is 0 Å². The van der Waals surface area contributed by atoms with Gasteiger partial charge in [-0.1, -0.05) is 90.6 Å². The van der Waals surface area contributed by atoms with Crippen LogP contribution in [-0.2, 0) is 6.54 Å². The Kier molecular flexibility index (Phi) is 4.81. The van der Waals surface area contributed by atoms with E-state index in [1.54, 1.807) is 24.2 Å². The van der Waals surface area contributed by atoms with Crippen molar-refractivity contribution in [1.82, 2.24) is 19.7 Å². The van der Waals surface area contributed by atoms with Crippen molar-refractivity contribution in [3.8, 4) is 22.5 Å². The predicted molar refractivity (Wildman–Crippen MR) is 128 cm³/mol. The first-order valence-electron chi connectivity index (χ1n) is 10.6. The molecule has 6 rings (SSSR count). The summed E-state index contributed by atoms with van der Waals surface area (Å²) < 4.78 is 2.22. The third kappa shape index (κ3) is 3.31. The molecule has 32 heavy (non-hydrogen) atoms. The molecule has 0 amide bonds. The van der Waals surface area contributed by atoms with E-state index in [1.807, 2.05) is 18.2 Å². The molecule has 0 saturated carbocycles. The van der Waals surface area contributed by atoms with E-state index in [9.17, 15) is 0 Å². The van der Waals surface area contributed by atoms with E-state index >= 15 is 0 Å². The minimum atomic E-state index is 0.186. The molecule has 5 aromatic rings. The predicted octanol–water partition coefficient (Wildman–Crippen LogP) is 6.25. The molecule has 2 heterocycles. The van der Waals surface area contributed by atoms with Gasteiger partial charge in [-0.3, -0.25) is 9.55 Å². The molecule has 3 aromatic carbocycles. The zero-order valence-electron chi connectivity index (χ0n) is 17.3. The van der Waals surface area contributed by atoms with Crippen LogP contribution in [0.1, 0.15) is 21.9 Å². The van der Waals surface area contributed by atoms with Crippen molar-refractivity contribution in [1.29, 1.82) is 0 Å². The van der Waals surface area contributed by atoms with Crippen LogP contribution in [0.25, 0.3) is 22.5 Å². The van der Waals surface area contributed by atoms with Gasteiger partial charge in [0.05, 0.1) is 11.8 Å². The number of benzene rings is 3. The SMILES string of the molecule is c1ccc(Cn2c(SC3c4ccccc4-c4ccccc43)nnc2-c2ccncc2)cc1. The highest BCUT2D eigenvalue weighted by molar-refractivity contribution is 7.99. The monoisotopic (exact) mass is 432 g/mol. The molecule has 0 radical (unpaired) electrons. The summed E-state index contributed by atoms with van der Waals surface area (Å²) in [5, 5.41) is 10.4. The Hall–Kier alpha value is -3.70. The third-order valence-electron chi connectivity index (χ3n) is 5.84. The fourth-order valence-corrected chi connectivity index (χ4v) is 5.58. The Labute approximate surface area is 191 Å². The molecule has 5 heteroatoms. The van der Waals surface area contributed by atoms with Gasteiger partial charge in [-0.25, -0.2) is 0 Å². The zero-order chi connectivity index (χ0) is 21.3. The molecule has 2 aromatic heterocycles. The van der Waals surface area contributed by atoms with Crippen LogP contribution in [0.3, 0.4) is 0 Å². The molecule has 0 fully saturated rings. The number of hydrogen-bond acceptors (Lipinski definition) is 4. The molecule has 0 bridgehead atoms. The number of rotatable bonds is 5. The van der Waals surface area contributed by atoms with Crippen molar-refractivity contribution >= 4 is 11.8 Å². The van der Waals surface area contributed by atoms with E-state index in [4.69, 9.17) is 0 Å². The average Bonchev–Trinajstić information content (AvgIpc) is 3.40. The first-order chi connectivity index (χ1) is 15.9. The average molecular weight is 433 g/mol. The lowest BCUT2D eigenvalue weighted by atomic mass is 10.1. The fraction of sp³-hybridized carbons (Fsp3) is 0.0741. The van der Waals surface area contributed by atoms with Crippen LogP contribution in [0.4, 0.5) is 0 Å².